The monoisotopic (exact) mass is 379 g/mol. The Labute approximate surface area is 154 Å². The maximum absolute atomic E-state index is 13.2. The number of carbonyl (C=O) groups excluding carboxylic acids is 2. The molecule has 2 rings (SSSR count). The average molecular weight is 380 g/mol. The van der Waals surface area contributed by atoms with E-state index in [-0.39, 0.29) is 16.6 Å². The summed E-state index contributed by atoms with van der Waals surface area (Å²) in [5, 5.41) is 8.27. The molecule has 0 unspecified atom stereocenters. The molecule has 130 valence electrons. The summed E-state index contributed by atoms with van der Waals surface area (Å²) in [4.78, 5) is 23.5. The van der Waals surface area contributed by atoms with Crippen LogP contribution in [0.15, 0.2) is 42.5 Å². The number of rotatable bonds is 4. The minimum Gasteiger partial charge on any atom is -0.331 e. The van der Waals surface area contributed by atoms with Crippen LogP contribution in [0.5, 0.6) is 0 Å². The molecule has 0 atom stereocenters. The highest BCUT2D eigenvalue weighted by molar-refractivity contribution is 7.80. The summed E-state index contributed by atoms with van der Waals surface area (Å²) >= 11 is 11.2. The van der Waals surface area contributed by atoms with E-state index in [1.54, 1.807) is 25.1 Å². The van der Waals surface area contributed by atoms with E-state index >= 15 is 0 Å². The third kappa shape index (κ3) is 5.51. The molecule has 0 radical (unpaired) electrons. The number of anilines is 2. The molecule has 3 N–H and O–H groups in total. The molecule has 0 aromatic heterocycles. The van der Waals surface area contributed by atoms with Crippen LogP contribution >= 0.6 is 23.8 Å². The molecule has 8 heteroatoms. The molecule has 2 aromatic carbocycles. The van der Waals surface area contributed by atoms with Gasteiger partial charge < -0.3 is 10.6 Å². The molecule has 0 saturated carbocycles. The van der Waals surface area contributed by atoms with Crippen LogP contribution in [0.25, 0.3) is 0 Å². The molecule has 25 heavy (non-hydrogen) atoms. The van der Waals surface area contributed by atoms with Gasteiger partial charge in [-0.1, -0.05) is 24.6 Å². The van der Waals surface area contributed by atoms with E-state index in [0.29, 0.717) is 22.8 Å². The predicted octanol–water partition coefficient (Wildman–Crippen LogP) is 3.95. The zero-order valence-corrected chi connectivity index (χ0v) is 14.8. The van der Waals surface area contributed by atoms with Crippen LogP contribution in [0.1, 0.15) is 23.7 Å². The van der Waals surface area contributed by atoms with Gasteiger partial charge in [-0.05, 0) is 48.6 Å². The van der Waals surface area contributed by atoms with Crippen LogP contribution in [0.4, 0.5) is 15.8 Å². The second-order valence-electron chi connectivity index (χ2n) is 5.01. The van der Waals surface area contributed by atoms with Gasteiger partial charge in [0.15, 0.2) is 5.11 Å². The van der Waals surface area contributed by atoms with Crippen molar-refractivity contribution in [3.05, 3.63) is 58.9 Å². The molecular weight excluding hydrogens is 365 g/mol. The lowest BCUT2D eigenvalue weighted by molar-refractivity contribution is -0.115. The van der Waals surface area contributed by atoms with Gasteiger partial charge in [0.25, 0.3) is 5.91 Å². The lowest BCUT2D eigenvalue weighted by atomic mass is 10.2. The van der Waals surface area contributed by atoms with E-state index in [1.807, 2.05) is 0 Å². The standard InChI is InChI=1S/C17H15ClFN3O2S/c1-2-15(23)20-12-6-7-13(18)14(9-12)21-17(25)22-16(24)10-4-3-5-11(19)8-10/h3-9H,2H2,1H3,(H,20,23)(H2,21,22,24,25). The molecule has 0 aliphatic rings. The molecule has 0 saturated heterocycles. The molecule has 5 nitrogen and oxygen atoms in total. The van der Waals surface area contributed by atoms with Crippen molar-refractivity contribution in [1.29, 1.82) is 0 Å². The van der Waals surface area contributed by atoms with Crippen molar-refractivity contribution < 1.29 is 14.0 Å². The number of amides is 2. The fourth-order valence-corrected chi connectivity index (χ4v) is 2.27. The number of benzene rings is 2. The van der Waals surface area contributed by atoms with Crippen molar-refractivity contribution in [1.82, 2.24) is 5.32 Å². The predicted molar refractivity (Wildman–Crippen MR) is 100 cm³/mol. The minimum atomic E-state index is -0.552. The fourth-order valence-electron chi connectivity index (χ4n) is 1.91. The molecular formula is C17H15ClFN3O2S. The molecule has 0 bridgehead atoms. The van der Waals surface area contributed by atoms with Gasteiger partial charge in [0.05, 0.1) is 10.7 Å². The van der Waals surface area contributed by atoms with Gasteiger partial charge in [-0.15, -0.1) is 0 Å². The van der Waals surface area contributed by atoms with E-state index in [2.05, 4.69) is 16.0 Å². The molecule has 0 aliphatic carbocycles. The van der Waals surface area contributed by atoms with Gasteiger partial charge in [-0.2, -0.15) is 0 Å². The zero-order chi connectivity index (χ0) is 18.4. The molecule has 0 fully saturated rings. The number of nitrogens with one attached hydrogen (secondary N) is 3. The smallest absolute Gasteiger partial charge is 0.257 e. The van der Waals surface area contributed by atoms with Crippen molar-refractivity contribution in [2.45, 2.75) is 13.3 Å². The highest BCUT2D eigenvalue weighted by atomic mass is 35.5. The summed E-state index contributed by atoms with van der Waals surface area (Å²) in [7, 11) is 0. The normalized spacial score (nSPS) is 10.0. The Kier molecular flexibility index (Phi) is 6.44. The Morgan fingerprint density at radius 2 is 1.92 bits per heavy atom. The van der Waals surface area contributed by atoms with Crippen molar-refractivity contribution in [2.75, 3.05) is 10.6 Å². The maximum atomic E-state index is 13.2. The van der Waals surface area contributed by atoms with E-state index in [0.717, 1.165) is 6.07 Å². The van der Waals surface area contributed by atoms with Crippen molar-refractivity contribution in [3.8, 4) is 0 Å². The third-order valence-electron chi connectivity index (χ3n) is 3.13. The molecule has 0 aliphatic heterocycles. The number of carbonyl (C=O) groups is 2. The van der Waals surface area contributed by atoms with Crippen LogP contribution < -0.4 is 16.0 Å². The Morgan fingerprint density at radius 3 is 2.60 bits per heavy atom. The fraction of sp³-hybridized carbons (Fsp3) is 0.118. The van der Waals surface area contributed by atoms with Gasteiger partial charge in [0.1, 0.15) is 5.82 Å². The van der Waals surface area contributed by atoms with Crippen LogP contribution in [-0.2, 0) is 4.79 Å². The Hall–Kier alpha value is -2.51. The minimum absolute atomic E-state index is 0.00451. The highest BCUT2D eigenvalue weighted by Gasteiger charge is 2.11. The van der Waals surface area contributed by atoms with Crippen LogP contribution in [-0.4, -0.2) is 16.9 Å². The number of hydrogen-bond donors (Lipinski definition) is 3. The van der Waals surface area contributed by atoms with E-state index in [1.165, 1.54) is 18.2 Å². The van der Waals surface area contributed by atoms with Crippen molar-refractivity contribution in [2.24, 2.45) is 0 Å². The van der Waals surface area contributed by atoms with E-state index in [9.17, 15) is 14.0 Å². The van der Waals surface area contributed by atoms with Gasteiger partial charge in [0.2, 0.25) is 5.91 Å². The Bertz CT molecular complexity index is 829. The van der Waals surface area contributed by atoms with Crippen molar-refractivity contribution >= 4 is 52.1 Å². The molecule has 0 heterocycles. The number of thiocarbonyl (C=S) groups is 1. The molecule has 0 spiro atoms. The van der Waals surface area contributed by atoms with E-state index in [4.69, 9.17) is 23.8 Å². The Balaban J connectivity index is 2.05. The lowest BCUT2D eigenvalue weighted by Crippen LogP contribution is -2.34. The van der Waals surface area contributed by atoms with Crippen molar-refractivity contribution in [3.63, 3.8) is 0 Å². The molecule has 2 amide bonds. The summed E-state index contributed by atoms with van der Waals surface area (Å²) in [6.07, 6.45) is 0.341. The Morgan fingerprint density at radius 1 is 1.16 bits per heavy atom. The first-order chi connectivity index (χ1) is 11.9. The first-order valence-electron chi connectivity index (χ1n) is 7.36. The summed E-state index contributed by atoms with van der Waals surface area (Å²) in [5.74, 6) is -1.22. The second kappa shape index (κ2) is 8.55. The average Bonchev–Trinajstić information content (AvgIpc) is 2.57. The third-order valence-corrected chi connectivity index (χ3v) is 3.67. The SMILES string of the molecule is CCC(=O)Nc1ccc(Cl)c(NC(=S)NC(=O)c2cccc(F)c2)c1. The molecule has 2 aromatic rings. The highest BCUT2D eigenvalue weighted by Crippen LogP contribution is 2.25. The first kappa shape index (κ1) is 18.8. The van der Waals surface area contributed by atoms with Gasteiger partial charge in [-0.25, -0.2) is 4.39 Å². The van der Waals surface area contributed by atoms with Crippen LogP contribution in [0.2, 0.25) is 5.02 Å². The largest absolute Gasteiger partial charge is 0.331 e. The van der Waals surface area contributed by atoms with Gasteiger partial charge in [-0.3, -0.25) is 14.9 Å². The van der Waals surface area contributed by atoms with Gasteiger partial charge >= 0.3 is 0 Å². The summed E-state index contributed by atoms with van der Waals surface area (Å²) in [6, 6.07) is 10.1. The second-order valence-corrected chi connectivity index (χ2v) is 5.83. The summed E-state index contributed by atoms with van der Waals surface area (Å²) < 4.78 is 13.2. The zero-order valence-electron chi connectivity index (χ0n) is 13.2. The number of hydrogen-bond acceptors (Lipinski definition) is 3. The van der Waals surface area contributed by atoms with E-state index < -0.39 is 11.7 Å². The quantitative estimate of drug-likeness (QED) is 0.703. The maximum Gasteiger partial charge on any atom is 0.257 e. The lowest BCUT2D eigenvalue weighted by Gasteiger charge is -2.13. The van der Waals surface area contributed by atoms with Crippen LogP contribution in [0, 0.1) is 5.82 Å². The summed E-state index contributed by atoms with van der Waals surface area (Å²) in [6.45, 7) is 1.74. The van der Waals surface area contributed by atoms with Crippen LogP contribution in [0.3, 0.4) is 0 Å². The number of halogens is 2. The topological polar surface area (TPSA) is 70.2 Å². The first-order valence-corrected chi connectivity index (χ1v) is 8.15. The summed E-state index contributed by atoms with van der Waals surface area (Å²) in [5.41, 5.74) is 1.09. The van der Waals surface area contributed by atoms with Gasteiger partial charge in [0, 0.05) is 17.7 Å².